The third-order valence-electron chi connectivity index (χ3n) is 4.25. The lowest BCUT2D eigenvalue weighted by atomic mass is 10.2. The number of pyridine rings is 1. The number of nitrogens with one attached hydrogen (secondary N) is 2. The molecule has 0 fully saturated rings. The topological polar surface area (TPSA) is 136 Å². The first kappa shape index (κ1) is 21.7. The molecule has 1 heterocycles. The Labute approximate surface area is 178 Å². The van der Waals surface area contributed by atoms with E-state index in [9.17, 15) is 18.5 Å². The number of anilines is 2. The van der Waals surface area contributed by atoms with Crippen LogP contribution in [0.25, 0.3) is 0 Å². The molecular weight excluding hydrogens is 422 g/mol. The molecule has 31 heavy (non-hydrogen) atoms. The second-order valence-electron chi connectivity index (χ2n) is 6.32. The number of ether oxygens (including phenoxy) is 1. The minimum atomic E-state index is -4.17. The summed E-state index contributed by atoms with van der Waals surface area (Å²) in [5.41, 5.74) is 4.04. The Morgan fingerprint density at radius 3 is 2.39 bits per heavy atom. The number of rotatable bonds is 8. The number of nitrogens with zero attached hydrogens (tertiary/aromatic N) is 3. The second kappa shape index (κ2) is 9.22. The van der Waals surface area contributed by atoms with Crippen LogP contribution in [0.2, 0.25) is 0 Å². The Bertz CT molecular complexity index is 1210. The summed E-state index contributed by atoms with van der Waals surface area (Å²) in [5, 5.41) is 15.4. The maximum Gasteiger partial charge on any atom is 0.270 e. The van der Waals surface area contributed by atoms with Crippen LogP contribution in [0.3, 0.4) is 0 Å². The molecule has 3 rings (SSSR count). The van der Waals surface area contributed by atoms with E-state index in [4.69, 9.17) is 4.74 Å². The molecule has 0 amide bonds. The predicted octanol–water partition coefficient (Wildman–Crippen LogP) is 3.64. The van der Waals surface area contributed by atoms with Gasteiger partial charge in [-0.1, -0.05) is 0 Å². The fourth-order valence-corrected chi connectivity index (χ4v) is 3.85. The van der Waals surface area contributed by atoms with Gasteiger partial charge in [-0.2, -0.15) is 5.10 Å². The quantitative estimate of drug-likeness (QED) is 0.309. The Morgan fingerprint density at radius 2 is 1.77 bits per heavy atom. The number of nitro benzene ring substituents is 1. The van der Waals surface area contributed by atoms with Crippen molar-refractivity contribution in [2.45, 2.75) is 11.8 Å². The van der Waals surface area contributed by atoms with Gasteiger partial charge in [0.1, 0.15) is 10.6 Å². The van der Waals surface area contributed by atoms with E-state index in [0.29, 0.717) is 11.5 Å². The number of aromatic nitrogens is 1. The first-order chi connectivity index (χ1) is 14.8. The number of benzene rings is 2. The first-order valence-electron chi connectivity index (χ1n) is 8.96. The van der Waals surface area contributed by atoms with Crippen LogP contribution in [0.5, 0.6) is 5.75 Å². The van der Waals surface area contributed by atoms with E-state index < -0.39 is 14.9 Å². The van der Waals surface area contributed by atoms with E-state index in [-0.39, 0.29) is 22.0 Å². The van der Waals surface area contributed by atoms with Gasteiger partial charge in [0.2, 0.25) is 0 Å². The minimum absolute atomic E-state index is 0.0833. The van der Waals surface area contributed by atoms with E-state index in [2.05, 4.69) is 20.2 Å². The molecule has 0 bridgehead atoms. The van der Waals surface area contributed by atoms with E-state index in [0.717, 1.165) is 11.6 Å². The Kier molecular flexibility index (Phi) is 6.46. The third-order valence-corrected chi connectivity index (χ3v) is 5.67. The molecule has 2 aromatic carbocycles. The predicted molar refractivity (Wildman–Crippen MR) is 117 cm³/mol. The van der Waals surface area contributed by atoms with Gasteiger partial charge >= 0.3 is 0 Å². The van der Waals surface area contributed by atoms with Crippen molar-refractivity contribution in [1.29, 1.82) is 0 Å². The molecule has 0 aliphatic heterocycles. The fourth-order valence-electron chi connectivity index (χ4n) is 2.61. The van der Waals surface area contributed by atoms with Crippen molar-refractivity contribution >= 4 is 32.8 Å². The van der Waals surface area contributed by atoms with Crippen LogP contribution in [0.1, 0.15) is 12.5 Å². The average molecular weight is 441 g/mol. The van der Waals surface area contributed by atoms with Gasteiger partial charge in [0.15, 0.2) is 0 Å². The summed E-state index contributed by atoms with van der Waals surface area (Å²) in [6, 6.07) is 13.2. The molecule has 0 spiro atoms. The van der Waals surface area contributed by atoms with Crippen molar-refractivity contribution in [2.24, 2.45) is 5.10 Å². The van der Waals surface area contributed by atoms with Gasteiger partial charge in [-0.25, -0.2) is 8.42 Å². The molecule has 0 saturated carbocycles. The van der Waals surface area contributed by atoms with Gasteiger partial charge in [0, 0.05) is 35.8 Å². The maximum absolute atomic E-state index is 13.0. The molecule has 2 N–H and O–H groups in total. The number of methoxy groups -OCH3 is 1. The monoisotopic (exact) mass is 441 g/mol. The summed E-state index contributed by atoms with van der Waals surface area (Å²) in [5.74, 6) is 0.557. The number of hydrogen-bond donors (Lipinski definition) is 2. The zero-order valence-electron chi connectivity index (χ0n) is 16.6. The number of hydrazone groups is 1. The highest BCUT2D eigenvalue weighted by atomic mass is 32.2. The van der Waals surface area contributed by atoms with E-state index in [1.807, 2.05) is 0 Å². The third kappa shape index (κ3) is 5.34. The van der Waals surface area contributed by atoms with Crippen molar-refractivity contribution in [3.05, 3.63) is 82.7 Å². The summed E-state index contributed by atoms with van der Waals surface area (Å²) in [6.07, 6.45) is 3.21. The number of sulfonamides is 1. The molecule has 3 aromatic rings. The van der Waals surface area contributed by atoms with Crippen LogP contribution in [0.15, 0.2) is 77.0 Å². The summed E-state index contributed by atoms with van der Waals surface area (Å²) in [4.78, 5) is 14.1. The molecule has 0 aliphatic rings. The van der Waals surface area contributed by atoms with Crippen LogP contribution >= 0.6 is 0 Å². The molecule has 1 aromatic heterocycles. The van der Waals surface area contributed by atoms with Crippen LogP contribution in [0, 0.1) is 10.1 Å². The summed E-state index contributed by atoms with van der Waals surface area (Å²) >= 11 is 0. The van der Waals surface area contributed by atoms with Crippen molar-refractivity contribution in [3.63, 3.8) is 0 Å². The van der Waals surface area contributed by atoms with Gasteiger partial charge in [-0.3, -0.25) is 25.2 Å². The molecule has 160 valence electrons. The lowest BCUT2D eigenvalue weighted by molar-refractivity contribution is -0.385. The van der Waals surface area contributed by atoms with Gasteiger partial charge in [0.05, 0.1) is 23.4 Å². The fraction of sp³-hybridized carbons (Fsp3) is 0.100. The van der Waals surface area contributed by atoms with Gasteiger partial charge in [-0.15, -0.1) is 0 Å². The molecule has 0 aliphatic carbocycles. The molecule has 0 saturated heterocycles. The van der Waals surface area contributed by atoms with E-state index in [1.165, 1.54) is 31.4 Å². The van der Waals surface area contributed by atoms with E-state index in [1.54, 1.807) is 43.6 Å². The SMILES string of the molecule is COc1ccc(NS(=O)(=O)c2cc([N+](=O)[O-])ccc2NN=C(C)c2ccncc2)cc1. The standard InChI is InChI=1S/C20H19N5O5S/c1-14(15-9-11-21-12-10-15)22-23-19-8-5-17(25(26)27)13-20(19)31(28,29)24-16-3-6-18(30-2)7-4-16/h3-13,23-24H,1-2H3. The molecule has 0 unspecified atom stereocenters. The minimum Gasteiger partial charge on any atom is -0.497 e. The zero-order chi connectivity index (χ0) is 22.4. The summed E-state index contributed by atoms with van der Waals surface area (Å²) in [6.45, 7) is 1.73. The Morgan fingerprint density at radius 1 is 1.10 bits per heavy atom. The van der Waals surface area contributed by atoms with Gasteiger partial charge in [-0.05, 0) is 49.4 Å². The van der Waals surface area contributed by atoms with Gasteiger partial charge < -0.3 is 4.74 Å². The van der Waals surface area contributed by atoms with Crippen molar-refractivity contribution in [3.8, 4) is 5.75 Å². The molecule has 11 heteroatoms. The lowest BCUT2D eigenvalue weighted by Gasteiger charge is -2.13. The Balaban J connectivity index is 1.96. The maximum atomic E-state index is 13.0. The van der Waals surface area contributed by atoms with Gasteiger partial charge in [0.25, 0.3) is 15.7 Å². The highest BCUT2D eigenvalue weighted by Crippen LogP contribution is 2.29. The first-order valence-corrected chi connectivity index (χ1v) is 10.4. The zero-order valence-corrected chi connectivity index (χ0v) is 17.5. The lowest BCUT2D eigenvalue weighted by Crippen LogP contribution is -2.15. The highest BCUT2D eigenvalue weighted by molar-refractivity contribution is 7.92. The normalized spacial score (nSPS) is 11.6. The average Bonchev–Trinajstić information content (AvgIpc) is 2.78. The smallest absolute Gasteiger partial charge is 0.270 e. The molecule has 0 atom stereocenters. The van der Waals surface area contributed by atoms with E-state index >= 15 is 0 Å². The van der Waals surface area contributed by atoms with Crippen molar-refractivity contribution in [1.82, 2.24) is 4.98 Å². The molecular formula is C20H19N5O5S. The Hall–Kier alpha value is -3.99. The number of non-ortho nitro benzene ring substituents is 1. The number of nitro groups is 1. The van der Waals surface area contributed by atoms with Crippen molar-refractivity contribution in [2.75, 3.05) is 17.3 Å². The van der Waals surface area contributed by atoms with Crippen LogP contribution in [0.4, 0.5) is 17.1 Å². The van der Waals surface area contributed by atoms with Crippen LogP contribution in [-0.2, 0) is 10.0 Å². The highest BCUT2D eigenvalue weighted by Gasteiger charge is 2.23. The van der Waals surface area contributed by atoms with Crippen LogP contribution in [-0.4, -0.2) is 31.1 Å². The van der Waals surface area contributed by atoms with Crippen LogP contribution < -0.4 is 14.9 Å². The molecule has 0 radical (unpaired) electrons. The summed E-state index contributed by atoms with van der Waals surface area (Å²) < 4.78 is 33.5. The summed E-state index contributed by atoms with van der Waals surface area (Å²) in [7, 11) is -2.67. The largest absolute Gasteiger partial charge is 0.497 e. The second-order valence-corrected chi connectivity index (χ2v) is 7.97. The molecule has 10 nitrogen and oxygen atoms in total. The van der Waals surface area contributed by atoms with Crippen molar-refractivity contribution < 1.29 is 18.1 Å². The number of hydrogen-bond acceptors (Lipinski definition) is 8.